The summed E-state index contributed by atoms with van der Waals surface area (Å²) in [5.41, 5.74) is -2.44. The zero-order chi connectivity index (χ0) is 13.4. The molecule has 2 nitrogen and oxygen atoms in total. The summed E-state index contributed by atoms with van der Waals surface area (Å²) in [5, 5.41) is 19.2. The van der Waals surface area contributed by atoms with Crippen LogP contribution in [-0.2, 0) is 12.0 Å². The molecular weight excluding hydrogens is 233 g/mol. The highest BCUT2D eigenvalue weighted by atomic mass is 19.4. The normalized spacial score (nSPS) is 15.7. The van der Waals surface area contributed by atoms with E-state index in [0.29, 0.717) is 24.5 Å². The molecule has 1 aromatic carbocycles. The van der Waals surface area contributed by atoms with Crippen LogP contribution < -0.4 is 0 Å². The summed E-state index contributed by atoms with van der Waals surface area (Å²) in [7, 11) is 0. The van der Waals surface area contributed by atoms with Crippen LogP contribution in [0.2, 0.25) is 0 Å². The van der Waals surface area contributed by atoms with Crippen molar-refractivity contribution < 1.29 is 23.4 Å². The number of benzene rings is 1. The van der Waals surface area contributed by atoms with Crippen molar-refractivity contribution in [2.24, 2.45) is 0 Å². The zero-order valence-corrected chi connectivity index (χ0v) is 9.89. The van der Waals surface area contributed by atoms with Crippen molar-refractivity contribution in [3.8, 4) is 5.75 Å². The lowest BCUT2D eigenvalue weighted by atomic mass is 9.91. The van der Waals surface area contributed by atoms with Crippen LogP contribution in [0.3, 0.4) is 0 Å². The Bertz CT molecular complexity index is 422. The maximum absolute atomic E-state index is 12.7. The van der Waals surface area contributed by atoms with Gasteiger partial charge < -0.3 is 10.2 Å². The number of hydrogen-bond donors (Lipinski definition) is 2. The zero-order valence-electron chi connectivity index (χ0n) is 9.89. The third-order valence-corrected chi connectivity index (χ3v) is 2.87. The molecule has 0 fully saturated rings. The molecule has 1 aromatic rings. The van der Waals surface area contributed by atoms with Gasteiger partial charge in [-0.1, -0.05) is 6.92 Å². The molecule has 0 aliphatic rings. The van der Waals surface area contributed by atoms with E-state index in [0.717, 1.165) is 6.07 Å². The van der Waals surface area contributed by atoms with E-state index in [1.165, 1.54) is 13.0 Å². The molecule has 1 rings (SSSR count). The number of rotatable bonds is 2. The number of phenolic OH excluding ortho intramolecular Hbond substituents is 1. The summed E-state index contributed by atoms with van der Waals surface area (Å²) in [5.74, 6) is -0.0192. The first kappa shape index (κ1) is 13.8. The van der Waals surface area contributed by atoms with Gasteiger partial charge in [-0.2, -0.15) is 13.2 Å². The van der Waals surface area contributed by atoms with Gasteiger partial charge in [0.25, 0.3) is 0 Å². The first-order chi connectivity index (χ1) is 7.61. The lowest BCUT2D eigenvalue weighted by Gasteiger charge is -2.27. The number of aryl methyl sites for hydroxylation is 2. The van der Waals surface area contributed by atoms with E-state index in [9.17, 15) is 23.4 Å². The molecule has 0 saturated carbocycles. The fourth-order valence-electron chi connectivity index (χ4n) is 1.57. The van der Waals surface area contributed by atoms with Gasteiger partial charge in [-0.3, -0.25) is 0 Å². The maximum atomic E-state index is 12.7. The van der Waals surface area contributed by atoms with Crippen molar-refractivity contribution in [3.05, 3.63) is 28.8 Å². The van der Waals surface area contributed by atoms with Gasteiger partial charge in [-0.25, -0.2) is 0 Å². The SMILES string of the molecule is CCc1cc(C(C)(O)C(F)(F)F)cc(C)c1O. The predicted molar refractivity (Wildman–Crippen MR) is 57.8 cm³/mol. The van der Waals surface area contributed by atoms with Gasteiger partial charge in [-0.15, -0.1) is 0 Å². The molecule has 0 aliphatic heterocycles. The summed E-state index contributed by atoms with van der Waals surface area (Å²) in [6, 6.07) is 2.35. The molecule has 5 heteroatoms. The Morgan fingerprint density at radius 2 is 1.76 bits per heavy atom. The average Bonchev–Trinajstić information content (AvgIpc) is 2.20. The second kappa shape index (κ2) is 4.22. The van der Waals surface area contributed by atoms with E-state index in [4.69, 9.17) is 0 Å². The molecule has 0 aromatic heterocycles. The number of alkyl halides is 3. The van der Waals surface area contributed by atoms with Gasteiger partial charge in [0.15, 0.2) is 5.60 Å². The van der Waals surface area contributed by atoms with E-state index in [-0.39, 0.29) is 11.3 Å². The minimum Gasteiger partial charge on any atom is -0.507 e. The minimum atomic E-state index is -4.75. The van der Waals surface area contributed by atoms with E-state index in [2.05, 4.69) is 0 Å². The van der Waals surface area contributed by atoms with E-state index in [1.807, 2.05) is 0 Å². The van der Waals surface area contributed by atoms with Crippen molar-refractivity contribution in [3.63, 3.8) is 0 Å². The van der Waals surface area contributed by atoms with Crippen molar-refractivity contribution in [2.75, 3.05) is 0 Å². The summed E-state index contributed by atoms with van der Waals surface area (Å²) in [6.07, 6.45) is -4.35. The fraction of sp³-hybridized carbons (Fsp3) is 0.500. The fourth-order valence-corrected chi connectivity index (χ4v) is 1.57. The number of hydrogen-bond acceptors (Lipinski definition) is 2. The van der Waals surface area contributed by atoms with Gasteiger partial charge in [0, 0.05) is 0 Å². The van der Waals surface area contributed by atoms with Crippen LogP contribution >= 0.6 is 0 Å². The Morgan fingerprint density at radius 3 is 2.18 bits per heavy atom. The predicted octanol–water partition coefficient (Wildman–Crippen LogP) is 3.03. The monoisotopic (exact) mass is 248 g/mol. The average molecular weight is 248 g/mol. The standard InChI is InChI=1S/C12H15F3O2/c1-4-8-6-9(5-7(2)10(8)16)11(3,17)12(13,14)15/h5-6,16-17H,4H2,1-3H3. The maximum Gasteiger partial charge on any atom is 0.421 e. The Labute approximate surface area is 97.7 Å². The van der Waals surface area contributed by atoms with Crippen LogP contribution in [0, 0.1) is 6.92 Å². The van der Waals surface area contributed by atoms with Gasteiger partial charge in [-0.05, 0) is 49.1 Å². The third kappa shape index (κ3) is 2.39. The van der Waals surface area contributed by atoms with Gasteiger partial charge in [0.1, 0.15) is 5.75 Å². The summed E-state index contributed by atoms with van der Waals surface area (Å²) >= 11 is 0. The molecule has 0 radical (unpaired) electrons. The summed E-state index contributed by atoms with van der Waals surface area (Å²) in [6.45, 7) is 3.93. The smallest absolute Gasteiger partial charge is 0.421 e. The lowest BCUT2D eigenvalue weighted by Crippen LogP contribution is -2.39. The topological polar surface area (TPSA) is 40.5 Å². The van der Waals surface area contributed by atoms with Crippen molar-refractivity contribution in [1.29, 1.82) is 0 Å². The molecule has 0 heterocycles. The molecule has 96 valence electrons. The second-order valence-electron chi connectivity index (χ2n) is 4.22. The second-order valence-corrected chi connectivity index (χ2v) is 4.22. The van der Waals surface area contributed by atoms with Crippen LogP contribution in [0.4, 0.5) is 13.2 Å². The van der Waals surface area contributed by atoms with Crippen molar-refractivity contribution in [1.82, 2.24) is 0 Å². The summed E-state index contributed by atoms with van der Waals surface area (Å²) in [4.78, 5) is 0. The molecule has 0 saturated heterocycles. The first-order valence-electron chi connectivity index (χ1n) is 5.23. The number of phenols is 1. The van der Waals surface area contributed by atoms with Crippen LogP contribution in [-0.4, -0.2) is 16.4 Å². The molecule has 17 heavy (non-hydrogen) atoms. The van der Waals surface area contributed by atoms with Crippen molar-refractivity contribution >= 4 is 0 Å². The molecule has 0 aliphatic carbocycles. The van der Waals surface area contributed by atoms with Gasteiger partial charge in [0.2, 0.25) is 0 Å². The molecule has 0 bridgehead atoms. The quantitative estimate of drug-likeness (QED) is 0.844. The molecule has 1 atom stereocenters. The van der Waals surface area contributed by atoms with Crippen LogP contribution in [0.15, 0.2) is 12.1 Å². The highest BCUT2D eigenvalue weighted by Crippen LogP contribution is 2.40. The van der Waals surface area contributed by atoms with Gasteiger partial charge >= 0.3 is 6.18 Å². The molecular formula is C12H15F3O2. The molecule has 1 unspecified atom stereocenters. The van der Waals surface area contributed by atoms with E-state index >= 15 is 0 Å². The Kier molecular flexibility index (Phi) is 3.43. The van der Waals surface area contributed by atoms with Crippen LogP contribution in [0.1, 0.15) is 30.5 Å². The highest BCUT2D eigenvalue weighted by Gasteiger charge is 2.51. The number of aromatic hydroxyl groups is 1. The molecule has 0 spiro atoms. The number of aliphatic hydroxyl groups is 1. The van der Waals surface area contributed by atoms with Crippen molar-refractivity contribution in [2.45, 2.75) is 39.0 Å². The first-order valence-corrected chi connectivity index (χ1v) is 5.23. The molecule has 0 amide bonds. The Morgan fingerprint density at radius 1 is 1.24 bits per heavy atom. The summed E-state index contributed by atoms with van der Waals surface area (Å²) < 4.78 is 38.0. The third-order valence-electron chi connectivity index (χ3n) is 2.87. The van der Waals surface area contributed by atoms with Crippen LogP contribution in [0.25, 0.3) is 0 Å². The van der Waals surface area contributed by atoms with E-state index in [1.54, 1.807) is 6.92 Å². The lowest BCUT2D eigenvalue weighted by molar-refractivity contribution is -0.258. The van der Waals surface area contributed by atoms with Gasteiger partial charge in [0.05, 0.1) is 0 Å². The number of halogens is 3. The minimum absolute atomic E-state index is 0.0192. The Hall–Kier alpha value is -1.23. The van der Waals surface area contributed by atoms with Crippen LogP contribution in [0.5, 0.6) is 5.75 Å². The van der Waals surface area contributed by atoms with E-state index < -0.39 is 11.8 Å². The Balaban J connectivity index is 3.38. The molecule has 2 N–H and O–H groups in total. The largest absolute Gasteiger partial charge is 0.507 e. The highest BCUT2D eigenvalue weighted by molar-refractivity contribution is 5.45.